The Morgan fingerprint density at radius 3 is 1.94 bits per heavy atom. The Morgan fingerprint density at radius 1 is 1.17 bits per heavy atom. The van der Waals surface area contributed by atoms with Gasteiger partial charge in [0.2, 0.25) is 0 Å². The molecule has 18 heavy (non-hydrogen) atoms. The third-order valence-corrected chi connectivity index (χ3v) is 2.39. The summed E-state index contributed by atoms with van der Waals surface area (Å²) in [4.78, 5) is 10.6. The van der Waals surface area contributed by atoms with Crippen molar-refractivity contribution in [1.29, 1.82) is 0 Å². The van der Waals surface area contributed by atoms with Crippen molar-refractivity contribution in [2.75, 3.05) is 13.2 Å². The SMILES string of the molecule is CC(C)(C)N=[N+]([O-])C1([N+](=O)[O-])COC(C)(C)OC1. The zero-order valence-corrected chi connectivity index (χ0v) is 11.3. The summed E-state index contributed by atoms with van der Waals surface area (Å²) in [5.41, 5.74) is -2.72. The van der Waals surface area contributed by atoms with Crippen molar-refractivity contribution in [2.45, 2.75) is 51.6 Å². The molecule has 1 saturated heterocycles. The van der Waals surface area contributed by atoms with E-state index in [1.54, 1.807) is 34.6 Å². The zero-order valence-electron chi connectivity index (χ0n) is 11.3. The van der Waals surface area contributed by atoms with E-state index in [4.69, 9.17) is 9.47 Å². The molecule has 0 aromatic carbocycles. The lowest BCUT2D eigenvalue weighted by atomic mass is 10.1. The summed E-state index contributed by atoms with van der Waals surface area (Å²) >= 11 is 0. The highest BCUT2D eigenvalue weighted by atomic mass is 16.7. The molecule has 1 aliphatic rings. The molecule has 0 radical (unpaired) electrons. The van der Waals surface area contributed by atoms with Gasteiger partial charge in [-0.05, 0) is 44.6 Å². The van der Waals surface area contributed by atoms with E-state index in [-0.39, 0.29) is 18.1 Å². The van der Waals surface area contributed by atoms with Gasteiger partial charge in [-0.15, -0.1) is 0 Å². The van der Waals surface area contributed by atoms with Gasteiger partial charge in [0.05, 0.1) is 0 Å². The van der Waals surface area contributed by atoms with Gasteiger partial charge in [0.1, 0.15) is 10.5 Å². The molecule has 0 amide bonds. The number of hydrogen-bond acceptors (Lipinski definition) is 6. The second-order valence-electron chi connectivity index (χ2n) is 5.76. The Bertz CT molecular complexity index is 362. The smallest absolute Gasteiger partial charge is 0.483 e. The molecule has 1 heterocycles. The van der Waals surface area contributed by atoms with Crippen molar-refractivity contribution in [3.05, 3.63) is 15.3 Å². The van der Waals surface area contributed by atoms with Crippen LogP contribution in [0.15, 0.2) is 5.11 Å². The lowest BCUT2D eigenvalue weighted by molar-refractivity contribution is -0.828. The number of hydroxylamine groups is 1. The molecule has 0 spiro atoms. The van der Waals surface area contributed by atoms with Crippen LogP contribution in [0, 0.1) is 15.3 Å². The second-order valence-corrected chi connectivity index (χ2v) is 5.76. The maximum Gasteiger partial charge on any atom is 0.483 e. The largest absolute Gasteiger partial charge is 0.594 e. The molecule has 0 N–H and O–H groups in total. The monoisotopic (exact) mass is 261 g/mol. The summed E-state index contributed by atoms with van der Waals surface area (Å²) in [6.45, 7) is 7.58. The molecule has 1 fully saturated rings. The van der Waals surface area contributed by atoms with Crippen LogP contribution in [0.5, 0.6) is 0 Å². The van der Waals surface area contributed by atoms with E-state index in [0.29, 0.717) is 0 Å². The predicted molar refractivity (Wildman–Crippen MR) is 61.5 cm³/mol. The summed E-state index contributed by atoms with van der Waals surface area (Å²) in [5, 5.41) is 26.8. The van der Waals surface area contributed by atoms with Gasteiger partial charge >= 0.3 is 5.66 Å². The van der Waals surface area contributed by atoms with Crippen LogP contribution in [-0.4, -0.2) is 40.0 Å². The summed E-state index contributed by atoms with van der Waals surface area (Å²) < 4.78 is 10.4. The van der Waals surface area contributed by atoms with E-state index in [1.165, 1.54) is 0 Å². The normalized spacial score (nSPS) is 23.7. The van der Waals surface area contributed by atoms with Crippen molar-refractivity contribution >= 4 is 0 Å². The molecular weight excluding hydrogens is 242 g/mol. The highest BCUT2D eigenvalue weighted by Crippen LogP contribution is 2.27. The minimum absolute atomic E-state index is 0.0994. The predicted octanol–water partition coefficient (Wildman–Crippen LogP) is 1.50. The number of rotatable bonds is 2. The Hall–Kier alpha value is -1.28. The van der Waals surface area contributed by atoms with Crippen molar-refractivity contribution < 1.29 is 19.3 Å². The van der Waals surface area contributed by atoms with Crippen molar-refractivity contribution in [3.63, 3.8) is 0 Å². The fourth-order valence-corrected chi connectivity index (χ4v) is 1.31. The molecule has 0 aromatic heterocycles. The first kappa shape index (κ1) is 14.8. The maximum absolute atomic E-state index is 11.9. The van der Waals surface area contributed by atoms with E-state index < -0.39 is 21.9 Å². The van der Waals surface area contributed by atoms with E-state index in [1.807, 2.05) is 0 Å². The van der Waals surface area contributed by atoms with E-state index in [0.717, 1.165) is 0 Å². The fourth-order valence-electron chi connectivity index (χ4n) is 1.31. The van der Waals surface area contributed by atoms with E-state index in [9.17, 15) is 15.3 Å². The van der Waals surface area contributed by atoms with Crippen LogP contribution in [-0.2, 0) is 9.47 Å². The summed E-state index contributed by atoms with van der Waals surface area (Å²) in [6, 6.07) is 0. The van der Waals surface area contributed by atoms with Gasteiger partial charge in [-0.3, -0.25) is 10.1 Å². The Balaban J connectivity index is 3.05. The third-order valence-electron chi connectivity index (χ3n) is 2.39. The Kier molecular flexibility index (Phi) is 3.64. The third kappa shape index (κ3) is 3.14. The molecule has 8 heteroatoms. The van der Waals surface area contributed by atoms with Crippen LogP contribution in [0.1, 0.15) is 34.6 Å². The molecule has 1 aliphatic heterocycles. The highest BCUT2D eigenvalue weighted by molar-refractivity contribution is 4.75. The maximum atomic E-state index is 11.9. The van der Waals surface area contributed by atoms with Crippen molar-refractivity contribution in [3.8, 4) is 0 Å². The first-order chi connectivity index (χ1) is 7.99. The number of nitro groups is 1. The van der Waals surface area contributed by atoms with Crippen LogP contribution in [0.3, 0.4) is 0 Å². The van der Waals surface area contributed by atoms with Crippen LogP contribution in [0.2, 0.25) is 0 Å². The van der Waals surface area contributed by atoms with E-state index in [2.05, 4.69) is 5.11 Å². The first-order valence-electron chi connectivity index (χ1n) is 5.61. The standard InChI is InChI=1S/C10H19N3O5/c1-8(2,3)11-12(14)10(13(15)16)6-17-9(4,5)18-7-10/h6-7H2,1-5H3. The average molecular weight is 261 g/mol. The van der Waals surface area contributed by atoms with Gasteiger partial charge in [-0.2, -0.15) is 0 Å². The Labute approximate surface area is 105 Å². The number of hydrogen-bond donors (Lipinski definition) is 0. The molecule has 0 aliphatic carbocycles. The molecule has 0 unspecified atom stereocenters. The first-order valence-corrected chi connectivity index (χ1v) is 5.61. The molecule has 0 aromatic rings. The minimum Gasteiger partial charge on any atom is -0.594 e. The van der Waals surface area contributed by atoms with Crippen molar-refractivity contribution in [2.24, 2.45) is 5.11 Å². The fraction of sp³-hybridized carbons (Fsp3) is 1.00. The van der Waals surface area contributed by atoms with Crippen LogP contribution < -0.4 is 0 Å². The number of ether oxygens (including phenoxy) is 2. The van der Waals surface area contributed by atoms with Crippen LogP contribution >= 0.6 is 0 Å². The van der Waals surface area contributed by atoms with Crippen LogP contribution in [0.25, 0.3) is 0 Å². The molecular formula is C10H19N3O5. The minimum atomic E-state index is -2.01. The number of azo groups is 1. The average Bonchev–Trinajstić information content (AvgIpc) is 2.14. The Morgan fingerprint density at radius 2 is 1.61 bits per heavy atom. The molecule has 0 atom stereocenters. The van der Waals surface area contributed by atoms with Crippen molar-refractivity contribution in [1.82, 2.24) is 0 Å². The summed E-state index contributed by atoms with van der Waals surface area (Å²) in [6.07, 6.45) is 0. The van der Waals surface area contributed by atoms with Gasteiger partial charge < -0.3 is 14.7 Å². The van der Waals surface area contributed by atoms with Gasteiger partial charge in [-0.1, -0.05) is 0 Å². The highest BCUT2D eigenvalue weighted by Gasteiger charge is 2.60. The molecule has 104 valence electrons. The van der Waals surface area contributed by atoms with Gasteiger partial charge in [0, 0.05) is 0 Å². The lowest BCUT2D eigenvalue weighted by Gasteiger charge is -2.35. The topological polar surface area (TPSA) is 100 Å². The van der Waals surface area contributed by atoms with E-state index >= 15 is 0 Å². The van der Waals surface area contributed by atoms with Gasteiger partial charge in [0.15, 0.2) is 19.0 Å². The molecule has 0 bridgehead atoms. The molecule has 1 rings (SSSR count). The molecule has 0 saturated carbocycles. The van der Waals surface area contributed by atoms with Crippen LogP contribution in [0.4, 0.5) is 0 Å². The van der Waals surface area contributed by atoms with Gasteiger partial charge in [0.25, 0.3) is 0 Å². The quantitative estimate of drug-likeness (QED) is 0.246. The zero-order chi connectivity index (χ0) is 14.2. The summed E-state index contributed by atoms with van der Waals surface area (Å²) in [7, 11) is 0. The second kappa shape index (κ2) is 4.43. The summed E-state index contributed by atoms with van der Waals surface area (Å²) in [5.74, 6) is -0.928. The lowest BCUT2D eigenvalue weighted by Crippen LogP contribution is -2.61. The van der Waals surface area contributed by atoms with Gasteiger partial charge in [-0.25, -0.2) is 0 Å². The molecule has 8 nitrogen and oxygen atoms in total. The number of nitrogens with zero attached hydrogens (tertiary/aromatic N) is 3.